The lowest BCUT2D eigenvalue weighted by atomic mass is 9.78. The number of allylic oxidation sites excluding steroid dienone is 1. The van der Waals surface area contributed by atoms with Crippen LogP contribution in [-0.4, -0.2) is 21.8 Å². The Labute approximate surface area is 189 Å². The number of ether oxygens (including phenoxy) is 1. The van der Waals surface area contributed by atoms with E-state index in [-0.39, 0.29) is 0 Å². The molecule has 4 heteroatoms. The zero-order chi connectivity index (χ0) is 23.2. The Morgan fingerprint density at radius 2 is 1.28 bits per heavy atom. The van der Waals surface area contributed by atoms with Crippen LogP contribution in [0.5, 0.6) is 0 Å². The van der Waals surface area contributed by atoms with Crippen LogP contribution in [0.25, 0.3) is 0 Å². The summed E-state index contributed by atoms with van der Waals surface area (Å²) < 4.78 is 6.02. The number of rotatable bonds is 8. The first-order valence-corrected chi connectivity index (χ1v) is 10.8. The molecule has 0 unspecified atom stereocenters. The van der Waals surface area contributed by atoms with Crippen LogP contribution in [0.4, 0.5) is 0 Å². The molecule has 0 heterocycles. The van der Waals surface area contributed by atoms with E-state index in [2.05, 4.69) is 0 Å². The van der Waals surface area contributed by atoms with E-state index >= 15 is 0 Å². The molecule has 0 saturated carbocycles. The van der Waals surface area contributed by atoms with Crippen molar-refractivity contribution in [1.82, 2.24) is 0 Å². The van der Waals surface area contributed by atoms with Crippen LogP contribution in [0.15, 0.2) is 103 Å². The Morgan fingerprint density at radius 1 is 0.844 bits per heavy atom. The van der Waals surface area contributed by atoms with Crippen molar-refractivity contribution in [1.29, 1.82) is 0 Å². The number of carbonyl (C=O) groups excluding carboxylic acids is 1. The number of aliphatic hydroxyl groups is 2. The van der Waals surface area contributed by atoms with E-state index in [1.807, 2.05) is 91.0 Å². The third-order valence-electron chi connectivity index (χ3n) is 5.88. The highest BCUT2D eigenvalue weighted by atomic mass is 16.6. The van der Waals surface area contributed by atoms with Crippen molar-refractivity contribution < 1.29 is 19.7 Å². The summed E-state index contributed by atoms with van der Waals surface area (Å²) in [6.45, 7) is 4.97. The van der Waals surface area contributed by atoms with Gasteiger partial charge in [-0.2, -0.15) is 0 Å². The summed E-state index contributed by atoms with van der Waals surface area (Å²) in [4.78, 5) is 13.2. The topological polar surface area (TPSA) is 66.8 Å². The number of hydrogen-bond donors (Lipinski definition) is 2. The van der Waals surface area contributed by atoms with Gasteiger partial charge >= 0.3 is 5.97 Å². The fourth-order valence-electron chi connectivity index (χ4n) is 3.81. The molecule has 166 valence electrons. The van der Waals surface area contributed by atoms with Gasteiger partial charge in [0.15, 0.2) is 11.7 Å². The smallest absolute Gasteiger partial charge is 0.312 e. The van der Waals surface area contributed by atoms with E-state index in [1.54, 1.807) is 32.9 Å². The molecule has 0 bridgehead atoms. The fraction of sp³-hybridized carbons (Fsp3) is 0.250. The van der Waals surface area contributed by atoms with E-state index in [4.69, 9.17) is 4.74 Å². The SMILES string of the molecule is C/C=C/[C@](C)(O)[C@H](C)C(=O)O[C@H](c1ccccc1)C(O)(c1ccccc1)c1ccccc1. The monoisotopic (exact) mass is 430 g/mol. The van der Waals surface area contributed by atoms with Gasteiger partial charge in [-0.15, -0.1) is 0 Å². The van der Waals surface area contributed by atoms with Crippen LogP contribution in [0.1, 0.15) is 43.6 Å². The lowest BCUT2D eigenvalue weighted by Gasteiger charge is -2.38. The van der Waals surface area contributed by atoms with Crippen molar-refractivity contribution in [3.8, 4) is 0 Å². The summed E-state index contributed by atoms with van der Waals surface area (Å²) in [6, 6.07) is 27.6. The molecule has 3 aromatic rings. The van der Waals surface area contributed by atoms with Gasteiger partial charge in [0, 0.05) is 0 Å². The summed E-state index contributed by atoms with van der Waals surface area (Å²) in [6.07, 6.45) is 2.23. The molecule has 32 heavy (non-hydrogen) atoms. The third kappa shape index (κ3) is 4.82. The number of hydrogen-bond acceptors (Lipinski definition) is 4. The molecule has 0 amide bonds. The Kier molecular flexibility index (Phi) is 7.29. The second-order valence-corrected chi connectivity index (χ2v) is 8.17. The first-order valence-electron chi connectivity index (χ1n) is 10.8. The average Bonchev–Trinajstić information content (AvgIpc) is 2.83. The largest absolute Gasteiger partial charge is 0.453 e. The Bertz CT molecular complexity index is 987. The molecule has 0 saturated heterocycles. The van der Waals surface area contributed by atoms with Crippen LogP contribution in [0.2, 0.25) is 0 Å². The minimum absolute atomic E-state index is 0.598. The zero-order valence-corrected chi connectivity index (χ0v) is 18.7. The predicted molar refractivity (Wildman–Crippen MR) is 126 cm³/mol. The molecule has 0 fully saturated rings. The highest BCUT2D eigenvalue weighted by molar-refractivity contribution is 5.74. The minimum atomic E-state index is -1.65. The van der Waals surface area contributed by atoms with E-state index in [9.17, 15) is 15.0 Å². The highest BCUT2D eigenvalue weighted by Gasteiger charge is 2.45. The molecule has 0 aromatic heterocycles. The standard InChI is InChI=1S/C28H30O4/c1-4-20-27(3,30)21(2)26(29)32-25(22-14-8-5-9-15-22)28(31,23-16-10-6-11-17-23)24-18-12-7-13-19-24/h4-21,25,30-31H,1-3H3/b20-4+/t21-,25-,27+/m1/s1. The van der Waals surface area contributed by atoms with Gasteiger partial charge in [0.2, 0.25) is 0 Å². The van der Waals surface area contributed by atoms with Crippen molar-refractivity contribution in [2.24, 2.45) is 5.92 Å². The molecule has 3 atom stereocenters. The van der Waals surface area contributed by atoms with Gasteiger partial charge in [-0.3, -0.25) is 4.79 Å². The van der Waals surface area contributed by atoms with Gasteiger partial charge in [-0.05, 0) is 37.5 Å². The highest BCUT2D eigenvalue weighted by Crippen LogP contribution is 2.44. The molecular formula is C28H30O4. The van der Waals surface area contributed by atoms with Gasteiger partial charge in [0.1, 0.15) is 0 Å². The van der Waals surface area contributed by atoms with Crippen molar-refractivity contribution in [2.45, 2.75) is 38.1 Å². The maximum Gasteiger partial charge on any atom is 0.312 e. The van der Waals surface area contributed by atoms with Crippen molar-refractivity contribution >= 4 is 5.97 Å². The lowest BCUT2D eigenvalue weighted by Crippen LogP contribution is -2.42. The van der Waals surface area contributed by atoms with Crippen molar-refractivity contribution in [2.75, 3.05) is 0 Å². The minimum Gasteiger partial charge on any atom is -0.453 e. The molecule has 0 aliphatic rings. The number of benzene rings is 3. The van der Waals surface area contributed by atoms with E-state index in [0.717, 1.165) is 0 Å². The lowest BCUT2D eigenvalue weighted by molar-refractivity contribution is -0.173. The van der Waals surface area contributed by atoms with Crippen molar-refractivity contribution in [3.05, 3.63) is 120 Å². The van der Waals surface area contributed by atoms with Crippen LogP contribution in [0.3, 0.4) is 0 Å². The molecular weight excluding hydrogens is 400 g/mol. The molecule has 0 aliphatic heterocycles. The molecule has 0 radical (unpaired) electrons. The second kappa shape index (κ2) is 9.94. The van der Waals surface area contributed by atoms with Gasteiger partial charge in [0.05, 0.1) is 11.5 Å². The van der Waals surface area contributed by atoms with Gasteiger partial charge in [-0.25, -0.2) is 0 Å². The van der Waals surface area contributed by atoms with Gasteiger partial charge < -0.3 is 14.9 Å². The van der Waals surface area contributed by atoms with E-state index in [0.29, 0.717) is 16.7 Å². The second-order valence-electron chi connectivity index (χ2n) is 8.17. The molecule has 3 rings (SSSR count). The maximum absolute atomic E-state index is 13.2. The van der Waals surface area contributed by atoms with Crippen LogP contribution >= 0.6 is 0 Å². The number of esters is 1. The normalized spacial score (nSPS) is 15.7. The van der Waals surface area contributed by atoms with Crippen molar-refractivity contribution in [3.63, 3.8) is 0 Å². The fourth-order valence-corrected chi connectivity index (χ4v) is 3.81. The molecule has 2 N–H and O–H groups in total. The Balaban J connectivity index is 2.14. The zero-order valence-electron chi connectivity index (χ0n) is 18.7. The molecule has 4 nitrogen and oxygen atoms in total. The summed E-state index contributed by atoms with van der Waals surface area (Å²) in [5.41, 5.74) is -1.19. The summed E-state index contributed by atoms with van der Waals surface area (Å²) in [5.74, 6) is -1.45. The summed E-state index contributed by atoms with van der Waals surface area (Å²) in [7, 11) is 0. The quantitative estimate of drug-likeness (QED) is 0.382. The summed E-state index contributed by atoms with van der Waals surface area (Å²) in [5, 5.41) is 23.0. The van der Waals surface area contributed by atoms with Gasteiger partial charge in [-0.1, -0.05) is 103 Å². The summed E-state index contributed by atoms with van der Waals surface area (Å²) >= 11 is 0. The third-order valence-corrected chi connectivity index (χ3v) is 5.88. The van der Waals surface area contributed by atoms with Crippen LogP contribution in [0, 0.1) is 5.92 Å². The maximum atomic E-state index is 13.2. The van der Waals surface area contributed by atoms with E-state index < -0.39 is 29.2 Å². The van der Waals surface area contributed by atoms with Crippen LogP contribution in [-0.2, 0) is 15.1 Å². The first-order chi connectivity index (χ1) is 15.3. The van der Waals surface area contributed by atoms with Gasteiger partial charge in [0.25, 0.3) is 0 Å². The van der Waals surface area contributed by atoms with Crippen LogP contribution < -0.4 is 0 Å². The Hall–Kier alpha value is -3.21. The first kappa shape index (κ1) is 23.5. The number of carbonyl (C=O) groups is 1. The predicted octanol–water partition coefficient (Wildman–Crippen LogP) is 5.17. The molecule has 0 aliphatic carbocycles. The molecule has 0 spiro atoms. The average molecular weight is 431 g/mol. The Morgan fingerprint density at radius 3 is 1.72 bits per heavy atom. The molecule has 3 aromatic carbocycles. The van der Waals surface area contributed by atoms with E-state index in [1.165, 1.54) is 0 Å².